The first-order valence-electron chi connectivity index (χ1n) is 8.73. The zero-order valence-corrected chi connectivity index (χ0v) is 18.4. The molecular weight excluding hydrogens is 448 g/mol. The Kier molecular flexibility index (Phi) is 7.37. The lowest BCUT2D eigenvalue weighted by Gasteiger charge is -2.33. The number of rotatable bonds is 4. The van der Waals surface area contributed by atoms with Crippen molar-refractivity contribution in [2.75, 3.05) is 13.1 Å². The van der Waals surface area contributed by atoms with Crippen molar-refractivity contribution in [3.8, 4) is 0 Å². The zero-order valence-electron chi connectivity index (χ0n) is 16.1. The summed E-state index contributed by atoms with van der Waals surface area (Å²) in [6, 6.07) is 2.16. The molecule has 2 N–H and O–H groups in total. The van der Waals surface area contributed by atoms with Crippen LogP contribution in [-0.4, -0.2) is 49.3 Å². The number of hydrazine groups is 1. The average molecular weight is 470 g/mol. The smallest absolute Gasteiger partial charge is 0.410 e. The van der Waals surface area contributed by atoms with Crippen LogP contribution in [0, 0.1) is 5.82 Å². The van der Waals surface area contributed by atoms with Crippen LogP contribution in [-0.2, 0) is 14.8 Å². The second kappa shape index (κ2) is 9.03. The number of carbonyl (C=O) groups is 2. The highest BCUT2D eigenvalue weighted by molar-refractivity contribution is 7.90. The third-order valence-electron chi connectivity index (χ3n) is 4.08. The number of carbonyl (C=O) groups excluding carboxylic acids is 2. The predicted octanol–water partition coefficient (Wildman–Crippen LogP) is 3.10. The molecule has 0 atom stereocenters. The Morgan fingerprint density at radius 1 is 1.21 bits per heavy atom. The Bertz CT molecular complexity index is 897. The lowest BCUT2D eigenvalue weighted by molar-refractivity contribution is 0.0217. The summed E-state index contributed by atoms with van der Waals surface area (Å²) in [5, 5.41) is -1.17. The van der Waals surface area contributed by atoms with Gasteiger partial charge in [0.15, 0.2) is 5.82 Å². The number of likely N-dealkylation sites (tertiary alicyclic amines) is 1. The minimum absolute atomic E-state index is 0.0268. The standard InChI is InChI=1S/C17H22Cl2FN3O5S/c1-17(2,3)28-16(25)23-6-4-11(5-7-23)29(26,27)22-21-15(24)12-8-10(18)9-13(19)14(12)20/h8-9,11,22H,4-7H2,1-3H3,(H,21,24). The molecule has 0 aromatic heterocycles. The lowest BCUT2D eigenvalue weighted by atomic mass is 10.1. The highest BCUT2D eigenvalue weighted by Crippen LogP contribution is 2.24. The number of halogens is 3. The van der Waals surface area contributed by atoms with Crippen LogP contribution in [0.4, 0.5) is 9.18 Å². The Labute approximate surface area is 178 Å². The van der Waals surface area contributed by atoms with Gasteiger partial charge in [-0.05, 0) is 45.7 Å². The van der Waals surface area contributed by atoms with Gasteiger partial charge in [-0.2, -0.15) is 0 Å². The van der Waals surface area contributed by atoms with Crippen molar-refractivity contribution < 1.29 is 27.1 Å². The van der Waals surface area contributed by atoms with Crippen LogP contribution in [0.25, 0.3) is 0 Å². The molecule has 1 aliphatic rings. The molecular formula is C17H22Cl2FN3O5S. The van der Waals surface area contributed by atoms with Gasteiger partial charge in [0.25, 0.3) is 5.91 Å². The normalized spacial score (nSPS) is 15.9. The number of hydrogen-bond acceptors (Lipinski definition) is 5. The predicted molar refractivity (Wildman–Crippen MR) is 107 cm³/mol. The molecule has 1 aliphatic heterocycles. The van der Waals surface area contributed by atoms with Crippen LogP contribution in [0.1, 0.15) is 44.0 Å². The molecule has 12 heteroatoms. The molecule has 1 aromatic carbocycles. The van der Waals surface area contributed by atoms with Crippen molar-refractivity contribution in [2.45, 2.75) is 44.5 Å². The van der Waals surface area contributed by atoms with E-state index in [9.17, 15) is 22.4 Å². The summed E-state index contributed by atoms with van der Waals surface area (Å²) in [5.74, 6) is -2.06. The van der Waals surface area contributed by atoms with Crippen molar-refractivity contribution in [3.05, 3.63) is 33.6 Å². The highest BCUT2D eigenvalue weighted by Gasteiger charge is 2.33. The first kappa shape index (κ1) is 23.7. The molecule has 0 spiro atoms. The minimum atomic E-state index is -3.95. The van der Waals surface area contributed by atoms with Gasteiger partial charge in [-0.1, -0.05) is 23.2 Å². The monoisotopic (exact) mass is 469 g/mol. The molecule has 1 aromatic rings. The zero-order chi connectivity index (χ0) is 22.0. The van der Waals surface area contributed by atoms with Crippen LogP contribution in [0.2, 0.25) is 10.0 Å². The van der Waals surface area contributed by atoms with Crippen molar-refractivity contribution in [1.82, 2.24) is 15.2 Å². The molecule has 0 aliphatic carbocycles. The molecule has 0 unspecified atom stereocenters. The maximum absolute atomic E-state index is 14.0. The average Bonchev–Trinajstić information content (AvgIpc) is 2.61. The molecule has 8 nitrogen and oxygen atoms in total. The van der Waals surface area contributed by atoms with Crippen LogP contribution in [0.5, 0.6) is 0 Å². The number of nitrogens with one attached hydrogen (secondary N) is 2. The van der Waals surface area contributed by atoms with Crippen LogP contribution < -0.4 is 10.3 Å². The van der Waals surface area contributed by atoms with E-state index in [1.165, 1.54) is 4.90 Å². The Morgan fingerprint density at radius 3 is 2.34 bits per heavy atom. The number of nitrogens with zero attached hydrogens (tertiary/aromatic N) is 1. The second-order valence-electron chi connectivity index (χ2n) is 7.52. The molecule has 2 amide bonds. The molecule has 29 heavy (non-hydrogen) atoms. The van der Waals surface area contributed by atoms with Gasteiger partial charge in [0.05, 0.1) is 15.8 Å². The summed E-state index contributed by atoms with van der Waals surface area (Å²) < 4.78 is 44.1. The molecule has 2 rings (SSSR count). The fourth-order valence-electron chi connectivity index (χ4n) is 2.66. The van der Waals surface area contributed by atoms with Crippen molar-refractivity contribution in [2.24, 2.45) is 0 Å². The summed E-state index contributed by atoms with van der Waals surface area (Å²) in [5.41, 5.74) is 0.814. The number of ether oxygens (including phenoxy) is 1. The fourth-order valence-corrected chi connectivity index (χ4v) is 4.39. The van der Waals surface area contributed by atoms with E-state index in [0.29, 0.717) is 0 Å². The van der Waals surface area contributed by atoms with Crippen LogP contribution in [0.3, 0.4) is 0 Å². The molecule has 162 valence electrons. The number of hydrogen-bond donors (Lipinski definition) is 2. The van der Waals surface area contributed by atoms with Gasteiger partial charge < -0.3 is 9.64 Å². The fraction of sp³-hybridized carbons (Fsp3) is 0.529. The topological polar surface area (TPSA) is 105 Å². The largest absolute Gasteiger partial charge is 0.444 e. The molecule has 0 bridgehead atoms. The van der Waals surface area contributed by atoms with Gasteiger partial charge >= 0.3 is 6.09 Å². The van der Waals surface area contributed by atoms with Gasteiger partial charge in [-0.25, -0.2) is 17.6 Å². The van der Waals surface area contributed by atoms with Crippen LogP contribution in [0.15, 0.2) is 12.1 Å². The summed E-state index contributed by atoms with van der Waals surface area (Å²) in [6.45, 7) is 5.60. The third-order valence-corrected chi connectivity index (χ3v) is 6.31. The van der Waals surface area contributed by atoms with Crippen molar-refractivity contribution >= 4 is 45.2 Å². The number of amides is 2. The van der Waals surface area contributed by atoms with E-state index >= 15 is 0 Å². The molecule has 1 fully saturated rings. The Morgan fingerprint density at radius 2 is 1.79 bits per heavy atom. The second-order valence-corrected chi connectivity index (χ2v) is 10.3. The van der Waals surface area contributed by atoms with E-state index in [1.807, 2.05) is 10.3 Å². The molecule has 0 radical (unpaired) electrons. The van der Waals surface area contributed by atoms with Gasteiger partial charge in [-0.15, -0.1) is 4.83 Å². The van der Waals surface area contributed by atoms with Gasteiger partial charge in [0.1, 0.15) is 5.60 Å². The van der Waals surface area contributed by atoms with E-state index in [4.69, 9.17) is 27.9 Å². The van der Waals surface area contributed by atoms with E-state index < -0.39 is 44.3 Å². The Balaban J connectivity index is 1.94. The van der Waals surface area contributed by atoms with E-state index in [0.717, 1.165) is 12.1 Å². The van der Waals surface area contributed by atoms with E-state index in [-0.39, 0.29) is 36.0 Å². The summed E-state index contributed by atoms with van der Waals surface area (Å²) in [6.07, 6.45) is -0.202. The lowest BCUT2D eigenvalue weighted by Crippen LogP contribution is -2.50. The third kappa shape index (κ3) is 6.43. The molecule has 1 saturated heterocycles. The maximum Gasteiger partial charge on any atom is 0.410 e. The Hall–Kier alpha value is -1.62. The van der Waals surface area contributed by atoms with Gasteiger partial charge in [0.2, 0.25) is 10.0 Å². The van der Waals surface area contributed by atoms with Crippen LogP contribution >= 0.6 is 23.2 Å². The number of benzene rings is 1. The SMILES string of the molecule is CC(C)(C)OC(=O)N1CCC(S(=O)(=O)NNC(=O)c2cc(Cl)cc(Cl)c2F)CC1. The summed E-state index contributed by atoms with van der Waals surface area (Å²) >= 11 is 11.4. The summed E-state index contributed by atoms with van der Waals surface area (Å²) in [7, 11) is -3.95. The first-order valence-corrected chi connectivity index (χ1v) is 11.0. The summed E-state index contributed by atoms with van der Waals surface area (Å²) in [4.78, 5) is 27.6. The number of piperidine rings is 1. The molecule has 0 saturated carbocycles. The van der Waals surface area contributed by atoms with E-state index in [2.05, 4.69) is 0 Å². The minimum Gasteiger partial charge on any atom is -0.444 e. The van der Waals surface area contributed by atoms with Crippen molar-refractivity contribution in [1.29, 1.82) is 0 Å². The quantitative estimate of drug-likeness (QED) is 0.520. The van der Waals surface area contributed by atoms with E-state index in [1.54, 1.807) is 20.8 Å². The van der Waals surface area contributed by atoms with Crippen molar-refractivity contribution in [3.63, 3.8) is 0 Å². The first-order chi connectivity index (χ1) is 13.3. The van der Waals surface area contributed by atoms with Gasteiger partial charge in [0, 0.05) is 18.1 Å². The maximum atomic E-state index is 14.0. The van der Waals surface area contributed by atoms with Gasteiger partial charge in [-0.3, -0.25) is 10.2 Å². The number of sulfonamides is 1. The molecule has 1 heterocycles. The highest BCUT2D eigenvalue weighted by atomic mass is 35.5.